The van der Waals surface area contributed by atoms with Crippen molar-refractivity contribution in [1.29, 1.82) is 0 Å². The minimum atomic E-state index is -3.92. The van der Waals surface area contributed by atoms with Gasteiger partial charge in [-0.05, 0) is 6.42 Å². The van der Waals surface area contributed by atoms with Gasteiger partial charge in [0, 0.05) is 20.0 Å². The van der Waals surface area contributed by atoms with E-state index in [2.05, 4.69) is 21.0 Å². The van der Waals surface area contributed by atoms with Crippen molar-refractivity contribution in [2.75, 3.05) is 86.8 Å². The van der Waals surface area contributed by atoms with Crippen LogP contribution in [-0.2, 0) is 29.1 Å². The Morgan fingerprint density at radius 2 is 1.14 bits per heavy atom. The van der Waals surface area contributed by atoms with Crippen LogP contribution in [0.2, 0.25) is 0 Å². The maximum Gasteiger partial charge on any atom is 0.102 e. The van der Waals surface area contributed by atoms with Crippen LogP contribution in [0.5, 0.6) is 0 Å². The lowest BCUT2D eigenvalue weighted by molar-refractivity contribution is -0.891. The molecule has 8 nitrogen and oxygen atoms in total. The Bertz CT molecular complexity index is 423. The summed E-state index contributed by atoms with van der Waals surface area (Å²) in [6.07, 6.45) is 8.46. The average Bonchev–Trinajstić information content (AvgIpc) is 2.61. The maximum absolute atomic E-state index is 9.08. The lowest BCUT2D eigenvalue weighted by Crippen LogP contribution is -2.44. The quantitative estimate of drug-likeness (QED) is 0.172. The van der Waals surface area contributed by atoms with Gasteiger partial charge in [-0.15, -0.1) is 0 Å². The van der Waals surface area contributed by atoms with E-state index in [-0.39, 0.29) is 0 Å². The van der Waals surface area contributed by atoms with Crippen LogP contribution in [0.3, 0.4) is 0 Å². The first-order chi connectivity index (χ1) is 13.6. The summed E-state index contributed by atoms with van der Waals surface area (Å²) in [7, 11) is 2.19. The predicted octanol–water partition coefficient (Wildman–Crippen LogP) is 2.28. The Morgan fingerprint density at radius 3 is 1.62 bits per heavy atom. The SMILES string of the molecule is CCCCCCCCOCCOCC[N+](C)(C)CCOCCOC.CS(=O)(=O)[O-]. The van der Waals surface area contributed by atoms with Gasteiger partial charge < -0.3 is 28.0 Å². The molecule has 0 aromatic rings. The number of methoxy groups -OCH3 is 1. The Labute approximate surface area is 179 Å². The molecular formula is C20H45NO7S. The van der Waals surface area contributed by atoms with E-state index >= 15 is 0 Å². The van der Waals surface area contributed by atoms with Crippen molar-refractivity contribution in [3.63, 3.8) is 0 Å². The maximum atomic E-state index is 9.08. The van der Waals surface area contributed by atoms with E-state index < -0.39 is 10.1 Å². The molecule has 0 bridgehead atoms. The lowest BCUT2D eigenvalue weighted by atomic mass is 10.1. The summed E-state index contributed by atoms with van der Waals surface area (Å²) >= 11 is 0. The Balaban J connectivity index is 0. The van der Waals surface area contributed by atoms with Crippen LogP contribution < -0.4 is 0 Å². The third-order valence-corrected chi connectivity index (χ3v) is 4.13. The van der Waals surface area contributed by atoms with E-state index in [1.165, 1.54) is 38.5 Å². The standard InChI is InChI=1S/C19H42NO4.CH4O3S/c1-5-6-7-8-9-10-13-22-18-19-24-15-12-20(2,3)11-14-23-17-16-21-4;1-5(2,3)4/h5-19H2,1-4H3;1H3,(H,2,3,4)/q+1;/p-1. The van der Waals surface area contributed by atoms with Gasteiger partial charge in [0.15, 0.2) is 0 Å². The minimum Gasteiger partial charge on any atom is -0.748 e. The summed E-state index contributed by atoms with van der Waals surface area (Å²) in [5.41, 5.74) is 0. The van der Waals surface area contributed by atoms with Crippen LogP contribution in [-0.4, -0.2) is 104 Å². The number of ether oxygens (including phenoxy) is 4. The van der Waals surface area contributed by atoms with Crippen LogP contribution in [0.4, 0.5) is 0 Å². The highest BCUT2D eigenvalue weighted by Crippen LogP contribution is 2.04. The molecule has 0 amide bonds. The Hall–Kier alpha value is -0.290. The highest BCUT2D eigenvalue weighted by atomic mass is 32.2. The lowest BCUT2D eigenvalue weighted by Gasteiger charge is -2.29. The molecule has 0 rings (SSSR count). The van der Waals surface area contributed by atoms with Gasteiger partial charge in [0.1, 0.15) is 13.1 Å². The van der Waals surface area contributed by atoms with Crippen LogP contribution in [0, 0.1) is 0 Å². The number of hydrogen-bond donors (Lipinski definition) is 0. The zero-order valence-electron chi connectivity index (χ0n) is 19.3. The van der Waals surface area contributed by atoms with E-state index in [9.17, 15) is 0 Å². The second kappa shape index (κ2) is 21.0. The molecule has 0 aliphatic carbocycles. The number of quaternary nitrogens is 1. The monoisotopic (exact) mass is 443 g/mol. The molecule has 0 fully saturated rings. The Kier molecular flexibility index (Phi) is 22.3. The smallest absolute Gasteiger partial charge is 0.102 e. The van der Waals surface area contributed by atoms with Gasteiger partial charge >= 0.3 is 0 Å². The normalized spacial score (nSPS) is 11.9. The van der Waals surface area contributed by atoms with Crippen molar-refractivity contribution in [2.45, 2.75) is 45.4 Å². The summed E-state index contributed by atoms with van der Waals surface area (Å²) in [6.45, 7) is 9.37. The second-order valence-electron chi connectivity index (χ2n) is 7.68. The molecule has 0 unspecified atom stereocenters. The van der Waals surface area contributed by atoms with Gasteiger partial charge in [-0.1, -0.05) is 39.0 Å². The van der Waals surface area contributed by atoms with Crippen LogP contribution in [0.15, 0.2) is 0 Å². The fourth-order valence-electron chi connectivity index (χ4n) is 2.29. The highest BCUT2D eigenvalue weighted by molar-refractivity contribution is 7.84. The van der Waals surface area contributed by atoms with Gasteiger partial charge in [-0.25, -0.2) is 8.42 Å². The van der Waals surface area contributed by atoms with Crippen molar-refractivity contribution in [3.8, 4) is 0 Å². The van der Waals surface area contributed by atoms with Gasteiger partial charge in [0.2, 0.25) is 0 Å². The molecule has 0 atom stereocenters. The molecule has 0 spiro atoms. The molecule has 0 heterocycles. The second-order valence-corrected chi connectivity index (χ2v) is 9.09. The van der Waals surface area contributed by atoms with E-state index in [1.807, 2.05) is 0 Å². The first kappa shape index (κ1) is 30.9. The van der Waals surface area contributed by atoms with Crippen molar-refractivity contribution < 1.29 is 36.4 Å². The fraction of sp³-hybridized carbons (Fsp3) is 1.00. The zero-order valence-corrected chi connectivity index (χ0v) is 20.1. The van der Waals surface area contributed by atoms with E-state index in [0.717, 1.165) is 37.4 Å². The fourth-order valence-corrected chi connectivity index (χ4v) is 2.29. The number of unbranched alkanes of at least 4 members (excludes halogenated alkanes) is 5. The molecule has 0 radical (unpaired) electrons. The van der Waals surface area contributed by atoms with Crippen molar-refractivity contribution >= 4 is 10.1 Å². The van der Waals surface area contributed by atoms with Crippen LogP contribution in [0.25, 0.3) is 0 Å². The van der Waals surface area contributed by atoms with Crippen molar-refractivity contribution in [2.24, 2.45) is 0 Å². The van der Waals surface area contributed by atoms with Gasteiger partial charge in [0.25, 0.3) is 0 Å². The third kappa shape index (κ3) is 35.5. The van der Waals surface area contributed by atoms with Crippen molar-refractivity contribution in [1.82, 2.24) is 0 Å². The summed E-state index contributed by atoms with van der Waals surface area (Å²) in [6, 6.07) is 0. The summed E-state index contributed by atoms with van der Waals surface area (Å²) in [5, 5.41) is 0. The molecule has 0 aromatic heterocycles. The largest absolute Gasteiger partial charge is 0.748 e. The van der Waals surface area contributed by atoms with Gasteiger partial charge in [-0.2, -0.15) is 0 Å². The first-order valence-electron chi connectivity index (χ1n) is 10.6. The van der Waals surface area contributed by atoms with Gasteiger partial charge in [0.05, 0.1) is 63.9 Å². The zero-order chi connectivity index (χ0) is 22.4. The first-order valence-corrected chi connectivity index (χ1v) is 12.4. The molecule has 0 aliphatic rings. The highest BCUT2D eigenvalue weighted by Gasteiger charge is 2.14. The van der Waals surface area contributed by atoms with Crippen LogP contribution >= 0.6 is 0 Å². The molecule has 0 saturated carbocycles. The number of likely N-dealkylation sites (N-methyl/N-ethyl adjacent to an activating group) is 1. The minimum absolute atomic E-state index is 0.604. The molecular weight excluding hydrogens is 398 g/mol. The molecule has 0 aliphatic heterocycles. The summed E-state index contributed by atoms with van der Waals surface area (Å²) < 4.78 is 49.9. The summed E-state index contributed by atoms with van der Waals surface area (Å²) in [4.78, 5) is 0. The topological polar surface area (TPSA) is 94.1 Å². The average molecular weight is 444 g/mol. The summed E-state index contributed by atoms with van der Waals surface area (Å²) in [5.74, 6) is 0. The Morgan fingerprint density at radius 1 is 0.724 bits per heavy atom. The molecule has 0 saturated heterocycles. The molecule has 29 heavy (non-hydrogen) atoms. The van der Waals surface area contributed by atoms with Gasteiger partial charge in [-0.3, -0.25) is 0 Å². The van der Waals surface area contributed by atoms with Crippen molar-refractivity contribution in [3.05, 3.63) is 0 Å². The molecule has 9 heteroatoms. The number of hydrogen-bond acceptors (Lipinski definition) is 7. The van der Waals surface area contributed by atoms with E-state index in [4.69, 9.17) is 31.9 Å². The number of nitrogens with zero attached hydrogens (tertiary/aromatic N) is 1. The van der Waals surface area contributed by atoms with E-state index in [0.29, 0.717) is 32.7 Å². The van der Waals surface area contributed by atoms with E-state index in [1.54, 1.807) is 7.11 Å². The molecule has 0 N–H and O–H groups in total. The third-order valence-electron chi connectivity index (χ3n) is 4.13. The van der Waals surface area contributed by atoms with Crippen LogP contribution in [0.1, 0.15) is 45.4 Å². The molecule has 178 valence electrons. The predicted molar refractivity (Wildman–Crippen MR) is 115 cm³/mol. The number of rotatable bonds is 19. The molecule has 0 aromatic carbocycles.